The number of nitroso groups, excluding NO2 is 1. The number of sulfonamides is 1. The predicted molar refractivity (Wildman–Crippen MR) is 137 cm³/mol. The van der Waals surface area contributed by atoms with E-state index in [1.165, 1.54) is 19.2 Å². The van der Waals surface area contributed by atoms with Crippen molar-refractivity contribution in [1.29, 1.82) is 0 Å². The second-order valence-electron chi connectivity index (χ2n) is 10.7. The SMILES string of the molecule is CNC(=O)Nc1ccc(S(=O)(=O)N2CCC(C3CCN4C(C3)C(C(=O)N3CCCC3)C[N+]4=O)CC2)cc1. The molecule has 37 heavy (non-hydrogen) atoms. The normalized spacial score (nSPS) is 27.3. The molecule has 11 nitrogen and oxygen atoms in total. The van der Waals surface area contributed by atoms with Gasteiger partial charge in [0, 0.05) is 38.9 Å². The smallest absolute Gasteiger partial charge is 0.318 e. The Kier molecular flexibility index (Phi) is 7.39. The Hall–Kier alpha value is -2.73. The van der Waals surface area contributed by atoms with E-state index in [9.17, 15) is 22.9 Å². The third kappa shape index (κ3) is 5.18. The summed E-state index contributed by atoms with van der Waals surface area (Å²) in [5, 5.41) is 6.95. The minimum Gasteiger partial charge on any atom is -0.342 e. The van der Waals surface area contributed by atoms with Crippen molar-refractivity contribution in [3.8, 4) is 0 Å². The number of hydrazine groups is 1. The number of piperidine rings is 2. The van der Waals surface area contributed by atoms with Gasteiger partial charge in [0.05, 0.1) is 16.3 Å². The molecule has 4 fully saturated rings. The van der Waals surface area contributed by atoms with Crippen molar-refractivity contribution in [2.75, 3.05) is 51.6 Å². The summed E-state index contributed by atoms with van der Waals surface area (Å²) < 4.78 is 28.0. The molecular weight excluding hydrogens is 496 g/mol. The van der Waals surface area contributed by atoms with Crippen molar-refractivity contribution in [2.24, 2.45) is 17.8 Å². The molecule has 1 aromatic carbocycles. The lowest BCUT2D eigenvalue weighted by atomic mass is 9.75. The van der Waals surface area contributed by atoms with Crippen LogP contribution in [0, 0.1) is 22.7 Å². The van der Waals surface area contributed by atoms with Gasteiger partial charge in [0.2, 0.25) is 22.5 Å². The van der Waals surface area contributed by atoms with Gasteiger partial charge in [-0.05, 0) is 74.6 Å². The molecule has 2 N–H and O–H groups in total. The van der Waals surface area contributed by atoms with Crippen LogP contribution in [0.3, 0.4) is 0 Å². The fourth-order valence-electron chi connectivity index (χ4n) is 6.54. The third-order valence-corrected chi connectivity index (χ3v) is 10.6. The highest BCUT2D eigenvalue weighted by molar-refractivity contribution is 7.89. The molecule has 3 atom stereocenters. The minimum atomic E-state index is -3.62. The first kappa shape index (κ1) is 25.9. The summed E-state index contributed by atoms with van der Waals surface area (Å²) in [5.74, 6) is 0.640. The first-order chi connectivity index (χ1) is 17.8. The highest BCUT2D eigenvalue weighted by Crippen LogP contribution is 2.40. The Bertz CT molecular complexity index is 1130. The third-order valence-electron chi connectivity index (χ3n) is 8.64. The molecule has 0 radical (unpaired) electrons. The van der Waals surface area contributed by atoms with Crippen LogP contribution in [0.15, 0.2) is 29.2 Å². The summed E-state index contributed by atoms with van der Waals surface area (Å²) in [4.78, 5) is 40.3. The van der Waals surface area contributed by atoms with Gasteiger partial charge in [-0.1, -0.05) is 0 Å². The molecule has 4 aliphatic rings. The number of fused-ring (bicyclic) bond motifs is 1. The molecule has 202 valence electrons. The van der Waals surface area contributed by atoms with Crippen LogP contribution in [-0.2, 0) is 14.8 Å². The quantitative estimate of drug-likeness (QED) is 0.558. The van der Waals surface area contributed by atoms with Crippen molar-refractivity contribution in [1.82, 2.24) is 19.5 Å². The zero-order chi connectivity index (χ0) is 26.2. The van der Waals surface area contributed by atoms with Gasteiger partial charge in [-0.2, -0.15) is 4.31 Å². The number of hydrogen-bond acceptors (Lipinski definition) is 5. The Morgan fingerprint density at radius 1 is 0.946 bits per heavy atom. The number of anilines is 1. The number of nitrogens with one attached hydrogen (secondary N) is 2. The first-order valence-corrected chi connectivity index (χ1v) is 14.8. The van der Waals surface area contributed by atoms with E-state index in [-0.39, 0.29) is 35.3 Å². The van der Waals surface area contributed by atoms with Crippen LogP contribution in [0.4, 0.5) is 10.5 Å². The summed E-state index contributed by atoms with van der Waals surface area (Å²) >= 11 is 0. The molecule has 12 heteroatoms. The number of nitrogens with zero attached hydrogens (tertiary/aromatic N) is 4. The van der Waals surface area contributed by atoms with E-state index in [1.807, 2.05) is 9.91 Å². The van der Waals surface area contributed by atoms with Crippen LogP contribution in [-0.4, -0.2) is 91.8 Å². The molecule has 4 saturated heterocycles. The van der Waals surface area contributed by atoms with Crippen LogP contribution >= 0.6 is 0 Å². The number of urea groups is 1. The second kappa shape index (κ2) is 10.6. The molecule has 0 aliphatic carbocycles. The maximum absolute atomic E-state index is 13.2. The largest absolute Gasteiger partial charge is 0.342 e. The highest BCUT2D eigenvalue weighted by Gasteiger charge is 2.54. The molecule has 5 rings (SSSR count). The molecule has 0 saturated carbocycles. The Labute approximate surface area is 218 Å². The fourth-order valence-corrected chi connectivity index (χ4v) is 8.01. The molecule has 4 aliphatic heterocycles. The van der Waals surface area contributed by atoms with E-state index in [0.29, 0.717) is 37.2 Å². The number of benzene rings is 1. The molecule has 3 amide bonds. The topological polar surface area (TPSA) is 122 Å². The first-order valence-electron chi connectivity index (χ1n) is 13.4. The van der Waals surface area contributed by atoms with Gasteiger partial charge < -0.3 is 15.5 Å². The molecule has 4 heterocycles. The van der Waals surface area contributed by atoms with Gasteiger partial charge in [0.1, 0.15) is 16.8 Å². The zero-order valence-electron chi connectivity index (χ0n) is 21.3. The molecule has 0 aromatic heterocycles. The second-order valence-corrected chi connectivity index (χ2v) is 12.6. The average Bonchev–Trinajstić information content (AvgIpc) is 3.57. The van der Waals surface area contributed by atoms with Crippen LogP contribution in [0.5, 0.6) is 0 Å². The average molecular weight is 534 g/mol. The number of carbonyl (C=O) groups is 2. The molecule has 0 bridgehead atoms. The molecule has 3 unspecified atom stereocenters. The van der Waals surface area contributed by atoms with Gasteiger partial charge >= 0.3 is 6.03 Å². The van der Waals surface area contributed by atoms with Gasteiger partial charge in [-0.25, -0.2) is 13.2 Å². The minimum absolute atomic E-state index is 0.0481. The predicted octanol–water partition coefficient (Wildman–Crippen LogP) is 1.87. The van der Waals surface area contributed by atoms with Crippen LogP contribution in [0.1, 0.15) is 38.5 Å². The van der Waals surface area contributed by atoms with E-state index in [1.54, 1.807) is 16.4 Å². The van der Waals surface area contributed by atoms with E-state index < -0.39 is 10.0 Å². The summed E-state index contributed by atoms with van der Waals surface area (Å²) in [6, 6.07) is 5.81. The number of amides is 3. The van der Waals surface area contributed by atoms with E-state index in [0.717, 1.165) is 56.5 Å². The fraction of sp³-hybridized carbons (Fsp3) is 0.680. The Balaban J connectivity index is 1.19. The van der Waals surface area contributed by atoms with E-state index in [2.05, 4.69) is 10.6 Å². The van der Waals surface area contributed by atoms with Crippen molar-refractivity contribution in [3.63, 3.8) is 0 Å². The van der Waals surface area contributed by atoms with E-state index in [4.69, 9.17) is 0 Å². The van der Waals surface area contributed by atoms with Crippen LogP contribution in [0.2, 0.25) is 0 Å². The van der Waals surface area contributed by atoms with Gasteiger partial charge in [0.15, 0.2) is 0 Å². The molecular formula is C25H37N6O5S+. The Morgan fingerprint density at radius 3 is 2.24 bits per heavy atom. The highest BCUT2D eigenvalue weighted by atomic mass is 32.2. The number of hydrogen-bond donors (Lipinski definition) is 2. The molecule has 0 spiro atoms. The van der Waals surface area contributed by atoms with Gasteiger partial charge in [0.25, 0.3) is 0 Å². The zero-order valence-corrected chi connectivity index (χ0v) is 22.2. The Morgan fingerprint density at radius 2 is 1.59 bits per heavy atom. The summed E-state index contributed by atoms with van der Waals surface area (Å²) in [6.07, 6.45) is 5.35. The lowest BCUT2D eigenvalue weighted by Crippen LogP contribution is -2.49. The summed E-state index contributed by atoms with van der Waals surface area (Å²) in [6.45, 7) is 3.42. The van der Waals surface area contributed by atoms with E-state index >= 15 is 0 Å². The van der Waals surface area contributed by atoms with Crippen LogP contribution in [0.25, 0.3) is 0 Å². The number of likely N-dealkylation sites (tertiary alicyclic amines) is 1. The lowest BCUT2D eigenvalue weighted by Gasteiger charge is -2.40. The van der Waals surface area contributed by atoms with Gasteiger partial charge in [-0.15, -0.1) is 5.01 Å². The summed E-state index contributed by atoms with van der Waals surface area (Å²) in [5.41, 5.74) is 0.522. The van der Waals surface area contributed by atoms with Crippen molar-refractivity contribution in [3.05, 3.63) is 29.2 Å². The van der Waals surface area contributed by atoms with Crippen LogP contribution < -0.4 is 10.6 Å². The van der Waals surface area contributed by atoms with Crippen molar-refractivity contribution in [2.45, 2.75) is 49.5 Å². The molecule has 1 aromatic rings. The monoisotopic (exact) mass is 533 g/mol. The van der Waals surface area contributed by atoms with Crippen molar-refractivity contribution >= 4 is 27.6 Å². The lowest BCUT2D eigenvalue weighted by molar-refractivity contribution is -0.692. The van der Waals surface area contributed by atoms with Gasteiger partial charge in [-0.3, -0.25) is 4.79 Å². The number of rotatable bonds is 5. The van der Waals surface area contributed by atoms with Crippen molar-refractivity contribution < 1.29 is 22.9 Å². The maximum Gasteiger partial charge on any atom is 0.318 e. The summed E-state index contributed by atoms with van der Waals surface area (Å²) in [7, 11) is -2.11. The standard InChI is InChI=1S/C25H36N6O5S/c1-26-25(33)27-20-4-6-21(7-5-20)37(35,36)29-13-8-18(9-14-29)19-10-15-30-23(16-19)22(17-31(30)34)24(32)28-11-2-3-12-28/h4-7,18-19,22-23H,2-3,8-17H2,1H3,(H-,26,27,33)/p+1. The maximum atomic E-state index is 13.2. The number of carbonyl (C=O) groups excluding carboxylic acids is 2.